The molecule has 7 nitrogen and oxygen atoms in total. The number of nitro benzene ring substituents is 1. The Bertz CT molecular complexity index is 593. The Balaban J connectivity index is 1.86. The van der Waals surface area contributed by atoms with Crippen LogP contribution in [0, 0.1) is 16.0 Å². The number of hydrogen-bond acceptors (Lipinski definition) is 5. The van der Waals surface area contributed by atoms with Crippen LogP contribution in [0.15, 0.2) is 24.3 Å². The van der Waals surface area contributed by atoms with Gasteiger partial charge in [0.05, 0.1) is 11.0 Å². The van der Waals surface area contributed by atoms with Crippen molar-refractivity contribution in [1.29, 1.82) is 0 Å². The minimum absolute atomic E-state index is 0.00768. The Kier molecular flexibility index (Phi) is 7.33. The van der Waals surface area contributed by atoms with Crippen molar-refractivity contribution in [2.45, 2.75) is 38.7 Å². The Morgan fingerprint density at radius 3 is 3.04 bits per heavy atom. The van der Waals surface area contributed by atoms with Gasteiger partial charge in [0.1, 0.15) is 0 Å². The van der Waals surface area contributed by atoms with Gasteiger partial charge in [-0.25, -0.2) is 0 Å². The van der Waals surface area contributed by atoms with Crippen molar-refractivity contribution in [2.75, 3.05) is 26.2 Å². The van der Waals surface area contributed by atoms with Gasteiger partial charge in [0.2, 0.25) is 5.91 Å². The van der Waals surface area contributed by atoms with Gasteiger partial charge < -0.3 is 15.3 Å². The van der Waals surface area contributed by atoms with E-state index in [1.54, 1.807) is 12.1 Å². The molecule has 1 saturated heterocycles. The highest BCUT2D eigenvalue weighted by atomic mass is 16.6. The predicted octanol–water partition coefficient (Wildman–Crippen LogP) is 2.26. The van der Waals surface area contributed by atoms with Gasteiger partial charge in [0.25, 0.3) is 5.69 Å². The fraction of sp³-hybridized carbons (Fsp3) is 0.611. The monoisotopic (exact) mass is 349 g/mol. The molecule has 0 spiro atoms. The molecule has 2 N–H and O–H groups in total. The summed E-state index contributed by atoms with van der Waals surface area (Å²) in [7, 11) is 0. The van der Waals surface area contributed by atoms with E-state index in [1.807, 2.05) is 6.92 Å². The highest BCUT2D eigenvalue weighted by Gasteiger charge is 2.23. The van der Waals surface area contributed by atoms with Crippen molar-refractivity contribution < 1.29 is 14.8 Å². The fourth-order valence-electron chi connectivity index (χ4n) is 3.25. The standard InChI is InChI=1S/C18H27N3O4/c1-2-5-18(23)19-11-14-6-4-9-20(12-14)13-17(22)15-7-3-8-16(10-15)21(24)25/h3,7-8,10,14,17,22H,2,4-6,9,11-13H2,1H3,(H,19,23). The number of rotatable bonds is 8. The molecule has 0 bridgehead atoms. The molecule has 2 rings (SSSR count). The highest BCUT2D eigenvalue weighted by molar-refractivity contribution is 5.75. The number of benzene rings is 1. The summed E-state index contributed by atoms with van der Waals surface area (Å²) >= 11 is 0. The molecule has 1 aromatic carbocycles. The number of carbonyl (C=O) groups is 1. The van der Waals surface area contributed by atoms with Crippen LogP contribution in [0.3, 0.4) is 0 Å². The molecular formula is C18H27N3O4. The number of nitro groups is 1. The van der Waals surface area contributed by atoms with Crippen LogP contribution < -0.4 is 5.32 Å². The van der Waals surface area contributed by atoms with E-state index < -0.39 is 11.0 Å². The third-order valence-corrected chi connectivity index (χ3v) is 4.57. The first kappa shape index (κ1) is 19.3. The van der Waals surface area contributed by atoms with Crippen LogP contribution in [0.5, 0.6) is 0 Å². The maximum atomic E-state index is 11.6. The first-order valence-electron chi connectivity index (χ1n) is 8.91. The molecule has 0 radical (unpaired) electrons. The number of aliphatic hydroxyl groups excluding tert-OH is 1. The molecule has 25 heavy (non-hydrogen) atoms. The van der Waals surface area contributed by atoms with Crippen LogP contribution in [-0.2, 0) is 4.79 Å². The molecular weight excluding hydrogens is 322 g/mol. The largest absolute Gasteiger partial charge is 0.387 e. The minimum atomic E-state index is -0.756. The molecule has 0 saturated carbocycles. The van der Waals surface area contributed by atoms with E-state index in [1.165, 1.54) is 12.1 Å². The lowest BCUT2D eigenvalue weighted by atomic mass is 9.97. The van der Waals surface area contributed by atoms with Crippen molar-refractivity contribution in [3.05, 3.63) is 39.9 Å². The third-order valence-electron chi connectivity index (χ3n) is 4.57. The second-order valence-electron chi connectivity index (χ2n) is 6.69. The zero-order valence-corrected chi connectivity index (χ0v) is 14.7. The minimum Gasteiger partial charge on any atom is -0.387 e. The van der Waals surface area contributed by atoms with Gasteiger partial charge in [0.15, 0.2) is 0 Å². The van der Waals surface area contributed by atoms with Gasteiger partial charge in [-0.05, 0) is 37.3 Å². The second-order valence-corrected chi connectivity index (χ2v) is 6.69. The van der Waals surface area contributed by atoms with Crippen LogP contribution in [-0.4, -0.2) is 47.0 Å². The van der Waals surface area contributed by atoms with Crippen molar-refractivity contribution in [1.82, 2.24) is 10.2 Å². The fourth-order valence-corrected chi connectivity index (χ4v) is 3.25. The molecule has 7 heteroatoms. The number of likely N-dealkylation sites (tertiary alicyclic amines) is 1. The molecule has 0 aromatic heterocycles. The maximum absolute atomic E-state index is 11.6. The van der Waals surface area contributed by atoms with Gasteiger partial charge >= 0.3 is 0 Å². The summed E-state index contributed by atoms with van der Waals surface area (Å²) in [4.78, 5) is 24.2. The summed E-state index contributed by atoms with van der Waals surface area (Å²) in [5.74, 6) is 0.475. The van der Waals surface area contributed by atoms with E-state index in [4.69, 9.17) is 0 Å². The summed E-state index contributed by atoms with van der Waals surface area (Å²) in [5.41, 5.74) is 0.555. The number of hydrogen-bond donors (Lipinski definition) is 2. The van der Waals surface area contributed by atoms with Crippen LogP contribution in [0.4, 0.5) is 5.69 Å². The normalized spacial score (nSPS) is 19.4. The Morgan fingerprint density at radius 1 is 1.52 bits per heavy atom. The lowest BCUT2D eigenvalue weighted by Gasteiger charge is -2.34. The second kappa shape index (κ2) is 9.48. The lowest BCUT2D eigenvalue weighted by Crippen LogP contribution is -2.42. The number of amides is 1. The maximum Gasteiger partial charge on any atom is 0.269 e. The Hall–Kier alpha value is -1.99. The van der Waals surface area contributed by atoms with Crippen LogP contribution in [0.2, 0.25) is 0 Å². The number of nitrogens with one attached hydrogen (secondary N) is 1. The summed E-state index contributed by atoms with van der Waals surface area (Å²) in [6, 6.07) is 6.16. The molecule has 1 amide bonds. The van der Waals surface area contributed by atoms with E-state index in [2.05, 4.69) is 10.2 Å². The number of carbonyl (C=O) groups excluding carboxylic acids is 1. The predicted molar refractivity (Wildman–Crippen MR) is 95.1 cm³/mol. The highest BCUT2D eigenvalue weighted by Crippen LogP contribution is 2.23. The lowest BCUT2D eigenvalue weighted by molar-refractivity contribution is -0.385. The van der Waals surface area contributed by atoms with Gasteiger partial charge in [0, 0.05) is 38.2 Å². The Labute approximate surface area is 148 Å². The molecule has 0 aliphatic carbocycles. The Morgan fingerprint density at radius 2 is 2.32 bits per heavy atom. The summed E-state index contributed by atoms with van der Waals surface area (Å²) in [6.07, 6.45) is 2.74. The molecule has 2 atom stereocenters. The zero-order valence-electron chi connectivity index (χ0n) is 14.7. The first-order valence-corrected chi connectivity index (χ1v) is 8.91. The quantitative estimate of drug-likeness (QED) is 0.554. The number of non-ortho nitro benzene ring substituents is 1. The molecule has 1 aliphatic rings. The van der Waals surface area contributed by atoms with E-state index in [9.17, 15) is 20.0 Å². The molecule has 2 unspecified atom stereocenters. The molecule has 1 aliphatic heterocycles. The van der Waals surface area contributed by atoms with Gasteiger partial charge in [-0.15, -0.1) is 0 Å². The van der Waals surface area contributed by atoms with E-state index in [0.29, 0.717) is 31.0 Å². The zero-order chi connectivity index (χ0) is 18.2. The van der Waals surface area contributed by atoms with E-state index in [-0.39, 0.29) is 11.6 Å². The smallest absolute Gasteiger partial charge is 0.269 e. The SMILES string of the molecule is CCCC(=O)NCC1CCCN(CC(O)c2cccc([N+](=O)[O-])c2)C1. The van der Waals surface area contributed by atoms with Gasteiger partial charge in [-0.2, -0.15) is 0 Å². The molecule has 1 heterocycles. The van der Waals surface area contributed by atoms with Gasteiger partial charge in [-0.1, -0.05) is 19.1 Å². The topological polar surface area (TPSA) is 95.7 Å². The average molecular weight is 349 g/mol. The molecule has 1 fully saturated rings. The summed E-state index contributed by atoms with van der Waals surface area (Å²) in [6.45, 7) is 4.81. The van der Waals surface area contributed by atoms with Crippen molar-refractivity contribution in [3.63, 3.8) is 0 Å². The average Bonchev–Trinajstić information content (AvgIpc) is 2.60. The third kappa shape index (κ3) is 6.10. The molecule has 138 valence electrons. The number of aliphatic hydroxyl groups is 1. The van der Waals surface area contributed by atoms with Gasteiger partial charge in [-0.3, -0.25) is 14.9 Å². The van der Waals surface area contributed by atoms with Crippen molar-refractivity contribution in [3.8, 4) is 0 Å². The summed E-state index contributed by atoms with van der Waals surface area (Å²) in [5, 5.41) is 24.3. The van der Waals surface area contributed by atoms with Crippen molar-refractivity contribution >= 4 is 11.6 Å². The van der Waals surface area contributed by atoms with Crippen LogP contribution >= 0.6 is 0 Å². The number of piperidine rings is 1. The molecule has 1 aromatic rings. The van der Waals surface area contributed by atoms with Crippen LogP contribution in [0.25, 0.3) is 0 Å². The van der Waals surface area contributed by atoms with Crippen molar-refractivity contribution in [2.24, 2.45) is 5.92 Å². The van der Waals surface area contributed by atoms with E-state index >= 15 is 0 Å². The number of nitrogens with zero attached hydrogens (tertiary/aromatic N) is 2. The number of β-amino-alcohol motifs (C(OH)–C–C–N with tert-alkyl or cyclic N) is 1. The summed E-state index contributed by atoms with van der Waals surface area (Å²) < 4.78 is 0. The van der Waals surface area contributed by atoms with E-state index in [0.717, 1.165) is 32.4 Å². The van der Waals surface area contributed by atoms with Crippen LogP contribution in [0.1, 0.15) is 44.3 Å². The first-order chi connectivity index (χ1) is 12.0.